The topological polar surface area (TPSA) is 47.6 Å². The first-order valence-electron chi connectivity index (χ1n) is 4.82. The molecular formula is C11H12BrNO3. The number of nitrogens with one attached hydrogen (secondary N) is 1. The summed E-state index contributed by atoms with van der Waals surface area (Å²) < 4.78 is 11.5. The maximum Gasteiger partial charge on any atom is 0.268 e. The Bertz CT molecular complexity index is 457. The van der Waals surface area contributed by atoms with E-state index in [0.717, 1.165) is 4.47 Å². The van der Waals surface area contributed by atoms with Crippen molar-refractivity contribution in [1.29, 1.82) is 0 Å². The number of hydrogen-bond acceptors (Lipinski definition) is 3. The van der Waals surface area contributed by atoms with E-state index >= 15 is 0 Å². The van der Waals surface area contributed by atoms with Crippen LogP contribution in [-0.4, -0.2) is 18.6 Å². The molecule has 16 heavy (non-hydrogen) atoms. The van der Waals surface area contributed by atoms with Gasteiger partial charge in [-0.25, -0.2) is 0 Å². The van der Waals surface area contributed by atoms with Crippen LogP contribution in [0.1, 0.15) is 13.8 Å². The van der Waals surface area contributed by atoms with Gasteiger partial charge in [-0.3, -0.25) is 4.79 Å². The van der Waals surface area contributed by atoms with Gasteiger partial charge < -0.3 is 14.8 Å². The van der Waals surface area contributed by atoms with E-state index in [1.807, 2.05) is 0 Å². The second kappa shape index (κ2) is 3.66. The summed E-state index contributed by atoms with van der Waals surface area (Å²) in [7, 11) is 1.57. The Hall–Kier alpha value is -1.23. The van der Waals surface area contributed by atoms with E-state index in [1.165, 1.54) is 0 Å². The van der Waals surface area contributed by atoms with Crippen LogP contribution in [0.2, 0.25) is 0 Å². The highest BCUT2D eigenvalue weighted by Gasteiger charge is 2.36. The smallest absolute Gasteiger partial charge is 0.268 e. The molecule has 4 nitrogen and oxygen atoms in total. The monoisotopic (exact) mass is 285 g/mol. The highest BCUT2D eigenvalue weighted by atomic mass is 79.9. The van der Waals surface area contributed by atoms with Crippen LogP contribution in [0.3, 0.4) is 0 Å². The third-order valence-electron chi connectivity index (χ3n) is 2.41. The van der Waals surface area contributed by atoms with Crippen molar-refractivity contribution in [1.82, 2.24) is 0 Å². The van der Waals surface area contributed by atoms with E-state index in [0.29, 0.717) is 17.2 Å². The zero-order valence-electron chi connectivity index (χ0n) is 9.26. The van der Waals surface area contributed by atoms with E-state index in [9.17, 15) is 4.79 Å². The number of carbonyl (C=O) groups excluding carboxylic acids is 1. The minimum absolute atomic E-state index is 0.167. The van der Waals surface area contributed by atoms with Crippen molar-refractivity contribution in [3.05, 3.63) is 16.6 Å². The molecule has 0 atom stereocenters. The predicted molar refractivity (Wildman–Crippen MR) is 64.0 cm³/mol. The lowest BCUT2D eigenvalue weighted by Gasteiger charge is -2.32. The lowest BCUT2D eigenvalue weighted by atomic mass is 10.1. The fourth-order valence-corrected chi connectivity index (χ4v) is 1.98. The predicted octanol–water partition coefficient (Wildman–Crippen LogP) is 2.57. The Morgan fingerprint density at radius 1 is 1.44 bits per heavy atom. The maximum absolute atomic E-state index is 11.7. The molecule has 0 aromatic heterocycles. The summed E-state index contributed by atoms with van der Waals surface area (Å²) in [5.74, 6) is 1.12. The van der Waals surface area contributed by atoms with Gasteiger partial charge in [0.1, 0.15) is 5.75 Å². The number of benzene rings is 1. The first kappa shape index (κ1) is 11.3. The summed E-state index contributed by atoms with van der Waals surface area (Å²) in [5.41, 5.74) is -0.236. The molecule has 0 aliphatic carbocycles. The molecule has 0 bridgehead atoms. The van der Waals surface area contributed by atoms with Gasteiger partial charge in [0.25, 0.3) is 5.91 Å². The molecule has 0 saturated heterocycles. The fourth-order valence-electron chi connectivity index (χ4n) is 1.46. The summed E-state index contributed by atoms with van der Waals surface area (Å²) in [4.78, 5) is 11.7. The molecular weight excluding hydrogens is 274 g/mol. The molecule has 5 heteroatoms. The van der Waals surface area contributed by atoms with Gasteiger partial charge in [0, 0.05) is 6.07 Å². The van der Waals surface area contributed by atoms with Crippen LogP contribution in [-0.2, 0) is 4.79 Å². The number of halogens is 1. The molecule has 0 spiro atoms. The number of carbonyl (C=O) groups is 1. The third-order valence-corrected chi connectivity index (χ3v) is 2.99. The molecule has 86 valence electrons. The van der Waals surface area contributed by atoms with Crippen molar-refractivity contribution in [2.75, 3.05) is 12.4 Å². The molecule has 0 fully saturated rings. The molecule has 0 saturated carbocycles. The standard InChI is InChI=1S/C11H12BrNO3/c1-11(2)10(14)13-8-5-6(15-3)4-7(12)9(8)16-11/h4-5H,1-3H3,(H,13,14). The number of ether oxygens (including phenoxy) is 2. The van der Waals surface area contributed by atoms with Gasteiger partial charge in [0.2, 0.25) is 0 Å². The first-order valence-corrected chi connectivity index (χ1v) is 5.61. The molecule has 1 amide bonds. The van der Waals surface area contributed by atoms with Gasteiger partial charge in [0.15, 0.2) is 11.4 Å². The number of methoxy groups -OCH3 is 1. The highest BCUT2D eigenvalue weighted by molar-refractivity contribution is 9.10. The lowest BCUT2D eigenvalue weighted by molar-refractivity contribution is -0.129. The van der Waals surface area contributed by atoms with Gasteiger partial charge in [-0.15, -0.1) is 0 Å². The lowest BCUT2D eigenvalue weighted by Crippen LogP contribution is -2.45. The van der Waals surface area contributed by atoms with Crippen LogP contribution in [0.5, 0.6) is 11.5 Å². The Balaban J connectivity index is 2.51. The molecule has 1 N–H and O–H groups in total. The second-order valence-corrected chi connectivity index (χ2v) is 4.91. The zero-order chi connectivity index (χ0) is 11.9. The molecule has 1 aliphatic heterocycles. The summed E-state index contributed by atoms with van der Waals surface area (Å²) in [6, 6.07) is 3.53. The molecule has 1 heterocycles. The molecule has 1 aromatic carbocycles. The zero-order valence-corrected chi connectivity index (χ0v) is 10.8. The first-order chi connectivity index (χ1) is 7.44. The Morgan fingerprint density at radius 3 is 2.75 bits per heavy atom. The minimum Gasteiger partial charge on any atom is -0.497 e. The van der Waals surface area contributed by atoms with Crippen molar-refractivity contribution < 1.29 is 14.3 Å². The van der Waals surface area contributed by atoms with Crippen molar-refractivity contribution in [2.45, 2.75) is 19.4 Å². The second-order valence-electron chi connectivity index (χ2n) is 4.05. The van der Waals surface area contributed by atoms with Crippen molar-refractivity contribution >= 4 is 27.5 Å². The highest BCUT2D eigenvalue weighted by Crippen LogP contribution is 2.42. The Morgan fingerprint density at radius 2 is 2.12 bits per heavy atom. The minimum atomic E-state index is -0.857. The van der Waals surface area contributed by atoms with Gasteiger partial charge in [0.05, 0.1) is 17.3 Å². The third kappa shape index (κ3) is 1.75. The molecule has 1 aliphatic rings. The van der Waals surface area contributed by atoms with Crippen LogP contribution in [0.15, 0.2) is 16.6 Å². The average Bonchev–Trinajstić information content (AvgIpc) is 2.21. The van der Waals surface area contributed by atoms with Crippen LogP contribution < -0.4 is 14.8 Å². The average molecular weight is 286 g/mol. The number of amides is 1. The summed E-state index contributed by atoms with van der Waals surface area (Å²) >= 11 is 3.39. The van der Waals surface area contributed by atoms with E-state index in [4.69, 9.17) is 9.47 Å². The summed E-state index contributed by atoms with van der Waals surface area (Å²) in [6.45, 7) is 3.45. The van der Waals surface area contributed by atoms with Crippen molar-refractivity contribution in [3.8, 4) is 11.5 Å². The SMILES string of the molecule is COc1cc(Br)c2c(c1)NC(=O)C(C)(C)O2. The van der Waals surface area contributed by atoms with Crippen LogP contribution in [0.4, 0.5) is 5.69 Å². The van der Waals surface area contributed by atoms with Crippen LogP contribution in [0, 0.1) is 0 Å². The molecule has 0 unspecified atom stereocenters. The number of anilines is 1. The summed E-state index contributed by atoms with van der Waals surface area (Å²) in [6.07, 6.45) is 0. The van der Waals surface area contributed by atoms with E-state index in [-0.39, 0.29) is 5.91 Å². The van der Waals surface area contributed by atoms with Crippen LogP contribution in [0.25, 0.3) is 0 Å². The molecule has 0 radical (unpaired) electrons. The maximum atomic E-state index is 11.7. The largest absolute Gasteiger partial charge is 0.497 e. The van der Waals surface area contributed by atoms with Gasteiger partial charge >= 0.3 is 0 Å². The van der Waals surface area contributed by atoms with Crippen molar-refractivity contribution in [3.63, 3.8) is 0 Å². The summed E-state index contributed by atoms with van der Waals surface area (Å²) in [5, 5.41) is 2.79. The quantitative estimate of drug-likeness (QED) is 0.863. The number of hydrogen-bond donors (Lipinski definition) is 1. The molecule has 1 aromatic rings. The molecule has 2 rings (SSSR count). The van der Waals surface area contributed by atoms with E-state index in [1.54, 1.807) is 33.1 Å². The Kier molecular flexibility index (Phi) is 2.58. The van der Waals surface area contributed by atoms with Crippen LogP contribution >= 0.6 is 15.9 Å². The fraction of sp³-hybridized carbons (Fsp3) is 0.364. The number of rotatable bonds is 1. The van der Waals surface area contributed by atoms with Gasteiger partial charge in [-0.1, -0.05) is 0 Å². The van der Waals surface area contributed by atoms with Gasteiger partial charge in [-0.2, -0.15) is 0 Å². The van der Waals surface area contributed by atoms with Gasteiger partial charge in [-0.05, 0) is 35.8 Å². The van der Waals surface area contributed by atoms with E-state index < -0.39 is 5.60 Å². The number of fused-ring (bicyclic) bond motifs is 1. The normalized spacial score (nSPS) is 17.1. The van der Waals surface area contributed by atoms with Crippen molar-refractivity contribution in [2.24, 2.45) is 0 Å². The Labute approximate surface area is 102 Å². The van der Waals surface area contributed by atoms with E-state index in [2.05, 4.69) is 21.2 Å².